The molecule has 0 N–H and O–H groups in total. The summed E-state index contributed by atoms with van der Waals surface area (Å²) in [5.74, 6) is -2.72. The van der Waals surface area contributed by atoms with Gasteiger partial charge in [0.1, 0.15) is 5.82 Å². The van der Waals surface area contributed by atoms with E-state index in [9.17, 15) is 17.6 Å². The summed E-state index contributed by atoms with van der Waals surface area (Å²) in [7, 11) is 0. The first kappa shape index (κ1) is 19.8. The standard InChI is InChI=1S/C26H26F4/c27-22-13-19(5-6-21(22)20-14-23(28)25(30)24(29)15-20)17-3-1-16(2-4-17)18-7-9-26(10-8-18)11-12-26/h5-6,11-18H,1-4,7-10H2. The lowest BCUT2D eigenvalue weighted by atomic mass is 9.67. The Hall–Kier alpha value is -2.10. The lowest BCUT2D eigenvalue weighted by Crippen LogP contribution is -2.26. The quantitative estimate of drug-likeness (QED) is 0.272. The maximum Gasteiger partial charge on any atom is 0.194 e. The molecule has 1 spiro atoms. The molecule has 2 aromatic rings. The van der Waals surface area contributed by atoms with E-state index in [1.54, 1.807) is 6.07 Å². The summed E-state index contributed by atoms with van der Waals surface area (Å²) in [5, 5.41) is 0. The van der Waals surface area contributed by atoms with Crippen molar-refractivity contribution >= 4 is 0 Å². The largest absolute Gasteiger partial charge is 0.206 e. The van der Waals surface area contributed by atoms with Crippen LogP contribution >= 0.6 is 0 Å². The molecule has 0 aromatic heterocycles. The van der Waals surface area contributed by atoms with Gasteiger partial charge in [-0.1, -0.05) is 24.3 Å². The summed E-state index contributed by atoms with van der Waals surface area (Å²) in [5.41, 5.74) is 1.54. The first-order valence-electron chi connectivity index (χ1n) is 11.1. The van der Waals surface area contributed by atoms with E-state index in [-0.39, 0.29) is 11.1 Å². The zero-order valence-electron chi connectivity index (χ0n) is 16.9. The third-order valence-electron chi connectivity index (χ3n) is 7.80. The van der Waals surface area contributed by atoms with Crippen molar-refractivity contribution in [2.45, 2.75) is 57.3 Å². The average molecular weight is 414 g/mol. The van der Waals surface area contributed by atoms with E-state index in [1.165, 1.54) is 44.6 Å². The van der Waals surface area contributed by atoms with E-state index >= 15 is 0 Å². The molecule has 0 aliphatic heterocycles. The van der Waals surface area contributed by atoms with E-state index in [0.717, 1.165) is 42.4 Å². The van der Waals surface area contributed by atoms with Crippen molar-refractivity contribution < 1.29 is 17.6 Å². The number of halogens is 4. The highest BCUT2D eigenvalue weighted by atomic mass is 19.2. The molecule has 0 unspecified atom stereocenters. The van der Waals surface area contributed by atoms with Gasteiger partial charge in [0, 0.05) is 11.0 Å². The van der Waals surface area contributed by atoms with Gasteiger partial charge in [0.2, 0.25) is 0 Å². The SMILES string of the molecule is Fc1cc(C2CCC(C3CCC4(C=C4)CC3)CC2)ccc1-c1cc(F)c(F)c(F)c1. The Bertz CT molecular complexity index is 946. The predicted molar refractivity (Wildman–Crippen MR) is 110 cm³/mol. The van der Waals surface area contributed by atoms with E-state index in [2.05, 4.69) is 12.2 Å². The third kappa shape index (κ3) is 3.70. The highest BCUT2D eigenvalue weighted by molar-refractivity contribution is 5.65. The first-order chi connectivity index (χ1) is 14.4. The van der Waals surface area contributed by atoms with Gasteiger partial charge < -0.3 is 0 Å². The first-order valence-corrected chi connectivity index (χ1v) is 11.1. The van der Waals surface area contributed by atoms with Gasteiger partial charge in [0.25, 0.3) is 0 Å². The van der Waals surface area contributed by atoms with E-state index in [4.69, 9.17) is 0 Å². The van der Waals surface area contributed by atoms with E-state index in [0.29, 0.717) is 11.3 Å². The van der Waals surface area contributed by atoms with Gasteiger partial charge in [-0.15, -0.1) is 0 Å². The van der Waals surface area contributed by atoms with Crippen molar-refractivity contribution in [3.63, 3.8) is 0 Å². The van der Waals surface area contributed by atoms with Crippen molar-refractivity contribution in [1.29, 1.82) is 0 Å². The van der Waals surface area contributed by atoms with Gasteiger partial charge in [-0.2, -0.15) is 0 Å². The molecule has 2 fully saturated rings. The van der Waals surface area contributed by atoms with Crippen LogP contribution in [0.3, 0.4) is 0 Å². The lowest BCUT2D eigenvalue weighted by molar-refractivity contribution is 0.160. The average Bonchev–Trinajstić information content (AvgIpc) is 3.51. The minimum absolute atomic E-state index is 0.0133. The smallest absolute Gasteiger partial charge is 0.194 e. The second-order valence-electron chi connectivity index (χ2n) is 9.51. The van der Waals surface area contributed by atoms with Crippen LogP contribution in [-0.2, 0) is 0 Å². The van der Waals surface area contributed by atoms with Crippen molar-refractivity contribution in [3.05, 3.63) is 71.3 Å². The fourth-order valence-corrected chi connectivity index (χ4v) is 5.75. The molecule has 0 atom stereocenters. The Kier molecular flexibility index (Phi) is 4.99. The molecular weight excluding hydrogens is 388 g/mol. The molecule has 5 rings (SSSR count). The Morgan fingerprint density at radius 2 is 1.27 bits per heavy atom. The normalized spacial score (nSPS) is 25.6. The van der Waals surface area contributed by atoms with E-state index < -0.39 is 23.3 Å². The summed E-state index contributed by atoms with van der Waals surface area (Å²) >= 11 is 0. The molecule has 0 amide bonds. The number of hydrogen-bond donors (Lipinski definition) is 0. The molecule has 2 aromatic carbocycles. The Balaban J connectivity index is 1.24. The van der Waals surface area contributed by atoms with Crippen LogP contribution in [0, 0.1) is 40.5 Å². The number of allylic oxidation sites excluding steroid dienone is 2. The molecule has 0 heterocycles. The number of benzene rings is 2. The van der Waals surface area contributed by atoms with Crippen molar-refractivity contribution in [3.8, 4) is 11.1 Å². The predicted octanol–water partition coefficient (Wildman–Crippen LogP) is 7.93. The summed E-state index contributed by atoms with van der Waals surface area (Å²) < 4.78 is 55.0. The minimum Gasteiger partial charge on any atom is -0.206 e. The van der Waals surface area contributed by atoms with Crippen LogP contribution in [-0.4, -0.2) is 0 Å². The summed E-state index contributed by atoms with van der Waals surface area (Å²) in [6.45, 7) is 0. The Morgan fingerprint density at radius 3 is 1.83 bits per heavy atom. The molecular formula is C26H26F4. The topological polar surface area (TPSA) is 0 Å². The van der Waals surface area contributed by atoms with Crippen LogP contribution < -0.4 is 0 Å². The zero-order chi connectivity index (χ0) is 20.9. The summed E-state index contributed by atoms with van der Waals surface area (Å²) in [6, 6.07) is 6.58. The second kappa shape index (κ2) is 7.55. The number of rotatable bonds is 3. The van der Waals surface area contributed by atoms with Crippen LogP contribution in [0.4, 0.5) is 17.6 Å². The van der Waals surface area contributed by atoms with E-state index in [1.807, 2.05) is 6.07 Å². The summed E-state index contributed by atoms with van der Waals surface area (Å²) in [4.78, 5) is 0. The minimum atomic E-state index is -1.53. The zero-order valence-corrected chi connectivity index (χ0v) is 16.9. The molecule has 0 saturated heterocycles. The molecule has 3 aliphatic rings. The van der Waals surface area contributed by atoms with Gasteiger partial charge in [-0.25, -0.2) is 17.6 Å². The molecule has 3 aliphatic carbocycles. The maximum absolute atomic E-state index is 14.8. The molecule has 2 saturated carbocycles. The van der Waals surface area contributed by atoms with Crippen LogP contribution in [0.5, 0.6) is 0 Å². The Morgan fingerprint density at radius 1 is 0.667 bits per heavy atom. The van der Waals surface area contributed by atoms with Crippen molar-refractivity contribution in [2.75, 3.05) is 0 Å². The summed E-state index contributed by atoms with van der Waals surface area (Å²) in [6.07, 6.45) is 14.5. The van der Waals surface area contributed by atoms with Crippen LogP contribution in [0.2, 0.25) is 0 Å². The van der Waals surface area contributed by atoms with Crippen molar-refractivity contribution in [1.82, 2.24) is 0 Å². The molecule has 0 radical (unpaired) electrons. The van der Waals surface area contributed by atoms with Crippen LogP contribution in [0.25, 0.3) is 11.1 Å². The molecule has 0 bridgehead atoms. The molecule has 0 nitrogen and oxygen atoms in total. The fourth-order valence-electron chi connectivity index (χ4n) is 5.75. The van der Waals surface area contributed by atoms with Gasteiger partial charge in [-0.05, 0) is 98.4 Å². The van der Waals surface area contributed by atoms with Crippen LogP contribution in [0.15, 0.2) is 42.5 Å². The van der Waals surface area contributed by atoms with Gasteiger partial charge in [-0.3, -0.25) is 0 Å². The van der Waals surface area contributed by atoms with Gasteiger partial charge in [0.05, 0.1) is 0 Å². The molecule has 4 heteroatoms. The highest BCUT2D eigenvalue weighted by Crippen LogP contribution is 2.53. The second-order valence-corrected chi connectivity index (χ2v) is 9.51. The molecule has 158 valence electrons. The van der Waals surface area contributed by atoms with Crippen molar-refractivity contribution in [2.24, 2.45) is 17.3 Å². The fraction of sp³-hybridized carbons (Fsp3) is 0.462. The monoisotopic (exact) mass is 414 g/mol. The van der Waals surface area contributed by atoms with Gasteiger partial charge in [0.15, 0.2) is 17.5 Å². The highest BCUT2D eigenvalue weighted by Gasteiger charge is 2.40. The van der Waals surface area contributed by atoms with Gasteiger partial charge >= 0.3 is 0 Å². The Labute approximate surface area is 175 Å². The lowest BCUT2D eigenvalue weighted by Gasteiger charge is -2.38. The van der Waals surface area contributed by atoms with Crippen LogP contribution in [0.1, 0.15) is 62.8 Å². The maximum atomic E-state index is 14.8. The number of hydrogen-bond acceptors (Lipinski definition) is 0. The molecule has 30 heavy (non-hydrogen) atoms. The third-order valence-corrected chi connectivity index (χ3v) is 7.80.